The van der Waals surface area contributed by atoms with Crippen LogP contribution in [0.15, 0.2) is 18.2 Å². The fourth-order valence-corrected chi connectivity index (χ4v) is 2.32. The molecule has 2 aromatic rings. The van der Waals surface area contributed by atoms with Gasteiger partial charge in [-0.2, -0.15) is 0 Å². The Balaban J connectivity index is 2.71. The predicted octanol–water partition coefficient (Wildman–Crippen LogP) is 3.69. The molecule has 0 saturated heterocycles. The van der Waals surface area contributed by atoms with Gasteiger partial charge >= 0.3 is 0 Å². The van der Waals surface area contributed by atoms with Gasteiger partial charge in [-0.25, -0.2) is 4.98 Å². The minimum absolute atomic E-state index is 0.0311. The first-order chi connectivity index (χ1) is 7.63. The van der Waals surface area contributed by atoms with E-state index in [-0.39, 0.29) is 10.8 Å². The predicted molar refractivity (Wildman–Crippen MR) is 74.3 cm³/mol. The van der Waals surface area contributed by atoms with Gasteiger partial charge in [-0.1, -0.05) is 23.2 Å². The van der Waals surface area contributed by atoms with Crippen molar-refractivity contribution in [3.63, 3.8) is 0 Å². The molecule has 0 amide bonds. The van der Waals surface area contributed by atoms with E-state index >= 15 is 0 Å². The molecule has 1 heterocycles. The van der Waals surface area contributed by atoms with Crippen molar-refractivity contribution >= 4 is 57.0 Å². The number of halogens is 3. The lowest BCUT2D eigenvalue weighted by atomic mass is 10.2. The molecule has 0 aliphatic rings. The van der Waals surface area contributed by atoms with Gasteiger partial charge in [-0.3, -0.25) is 3.53 Å². The van der Waals surface area contributed by atoms with Crippen LogP contribution in [0.3, 0.4) is 0 Å². The molecule has 3 nitrogen and oxygen atoms in total. The monoisotopic (exact) mass is 368 g/mol. The van der Waals surface area contributed by atoms with E-state index in [1.807, 2.05) is 35.0 Å². The number of phenolic OH excluding ortho intramolecular Hbond substituents is 1. The molecule has 0 bridgehead atoms. The van der Waals surface area contributed by atoms with Crippen molar-refractivity contribution in [2.75, 3.05) is 0 Å². The van der Waals surface area contributed by atoms with Gasteiger partial charge in [0.1, 0.15) is 5.52 Å². The zero-order chi connectivity index (χ0) is 11.7. The van der Waals surface area contributed by atoms with Crippen LogP contribution in [0, 0.1) is 0 Å². The molecule has 0 radical (unpaired) electrons. The summed E-state index contributed by atoms with van der Waals surface area (Å²) < 4.78 is 2.96. The molecule has 1 aromatic carbocycles. The average Bonchev–Trinajstić information content (AvgIpc) is 2.26. The number of rotatable bonds is 2. The number of phenols is 1. The van der Waals surface area contributed by atoms with Crippen LogP contribution >= 0.6 is 46.1 Å². The van der Waals surface area contributed by atoms with Crippen molar-refractivity contribution in [1.82, 2.24) is 8.51 Å². The van der Waals surface area contributed by atoms with E-state index in [9.17, 15) is 5.11 Å². The molecule has 0 aliphatic carbocycles. The standard InChI is InChI=1S/C10H7Cl2IN2O/c11-7-3-8(12)10(16)9-6(7)2-1-5(15-9)4-14-13/h1-3,14,16H,4H2. The van der Waals surface area contributed by atoms with Crippen LogP contribution in [0.25, 0.3) is 10.9 Å². The maximum atomic E-state index is 9.80. The van der Waals surface area contributed by atoms with Gasteiger partial charge < -0.3 is 5.11 Å². The highest BCUT2D eigenvalue weighted by Gasteiger charge is 2.10. The maximum absolute atomic E-state index is 9.80. The van der Waals surface area contributed by atoms with Gasteiger partial charge in [-0.15, -0.1) is 0 Å². The number of pyridine rings is 1. The van der Waals surface area contributed by atoms with Crippen LogP contribution in [0.1, 0.15) is 5.69 Å². The second-order valence-corrected chi connectivity index (χ2v) is 4.78. The summed E-state index contributed by atoms with van der Waals surface area (Å²) in [6.07, 6.45) is 0. The number of fused-ring (bicyclic) bond motifs is 1. The Hall–Kier alpha value is -0.300. The molecular weight excluding hydrogens is 362 g/mol. The molecule has 0 saturated carbocycles. The first-order valence-corrected chi connectivity index (χ1v) is 6.27. The quantitative estimate of drug-likeness (QED) is 0.627. The first kappa shape index (κ1) is 12.2. The Morgan fingerprint density at radius 2 is 2.06 bits per heavy atom. The molecule has 6 heteroatoms. The number of hydrogen-bond donors (Lipinski definition) is 2. The van der Waals surface area contributed by atoms with E-state index in [2.05, 4.69) is 8.51 Å². The van der Waals surface area contributed by atoms with Gasteiger partial charge in [-0.05, 0) is 18.2 Å². The Labute approximate surface area is 116 Å². The molecule has 16 heavy (non-hydrogen) atoms. The number of aromatic hydroxyl groups is 1. The highest BCUT2D eigenvalue weighted by molar-refractivity contribution is 14.1. The van der Waals surface area contributed by atoms with Crippen LogP contribution in [-0.2, 0) is 6.54 Å². The fourth-order valence-electron chi connectivity index (χ4n) is 1.41. The molecule has 1 aromatic heterocycles. The van der Waals surface area contributed by atoms with Crippen LogP contribution in [0.4, 0.5) is 0 Å². The summed E-state index contributed by atoms with van der Waals surface area (Å²) >= 11 is 13.9. The van der Waals surface area contributed by atoms with Crippen molar-refractivity contribution < 1.29 is 5.11 Å². The highest BCUT2D eigenvalue weighted by Crippen LogP contribution is 2.36. The summed E-state index contributed by atoms with van der Waals surface area (Å²) in [7, 11) is 0. The van der Waals surface area contributed by atoms with E-state index in [1.165, 1.54) is 6.07 Å². The lowest BCUT2D eigenvalue weighted by molar-refractivity contribution is 0.480. The zero-order valence-electron chi connectivity index (χ0n) is 7.97. The number of nitrogens with one attached hydrogen (secondary N) is 1. The normalized spacial score (nSPS) is 10.9. The molecule has 2 N–H and O–H groups in total. The summed E-state index contributed by atoms with van der Waals surface area (Å²) in [5.41, 5.74) is 1.25. The fraction of sp³-hybridized carbons (Fsp3) is 0.100. The lowest BCUT2D eigenvalue weighted by Crippen LogP contribution is -2.00. The minimum Gasteiger partial charge on any atom is -0.504 e. The largest absolute Gasteiger partial charge is 0.504 e. The van der Waals surface area contributed by atoms with Crippen molar-refractivity contribution in [2.24, 2.45) is 0 Å². The number of aromatic nitrogens is 1. The summed E-state index contributed by atoms with van der Waals surface area (Å²) in [6.45, 7) is 0.611. The van der Waals surface area contributed by atoms with Gasteiger partial charge in [0.25, 0.3) is 0 Å². The molecule has 2 rings (SSSR count). The Morgan fingerprint density at radius 3 is 2.75 bits per heavy atom. The Bertz CT molecular complexity index is 548. The first-order valence-electron chi connectivity index (χ1n) is 4.43. The van der Waals surface area contributed by atoms with Crippen molar-refractivity contribution in [2.45, 2.75) is 6.54 Å². The summed E-state index contributed by atoms with van der Waals surface area (Å²) in [4.78, 5) is 4.30. The SMILES string of the molecule is Oc1c(Cl)cc(Cl)c2ccc(CNI)nc12. The summed E-state index contributed by atoms with van der Waals surface area (Å²) in [5, 5.41) is 11.2. The molecule has 0 atom stereocenters. The molecular formula is C10H7Cl2IN2O. The minimum atomic E-state index is -0.0311. The Morgan fingerprint density at radius 1 is 1.31 bits per heavy atom. The molecule has 0 aliphatic heterocycles. The van der Waals surface area contributed by atoms with Crippen molar-refractivity contribution in [3.8, 4) is 5.75 Å². The van der Waals surface area contributed by atoms with Gasteiger partial charge in [0, 0.05) is 34.8 Å². The van der Waals surface area contributed by atoms with E-state index in [0.717, 1.165) is 5.69 Å². The molecule has 0 spiro atoms. The summed E-state index contributed by atoms with van der Waals surface area (Å²) in [5.74, 6) is -0.0311. The second-order valence-electron chi connectivity index (χ2n) is 3.20. The van der Waals surface area contributed by atoms with Crippen LogP contribution < -0.4 is 3.53 Å². The second kappa shape index (κ2) is 4.91. The summed E-state index contributed by atoms with van der Waals surface area (Å²) in [6, 6.07) is 5.19. The maximum Gasteiger partial charge on any atom is 0.160 e. The van der Waals surface area contributed by atoms with Gasteiger partial charge in [0.15, 0.2) is 5.75 Å². The van der Waals surface area contributed by atoms with Crippen molar-refractivity contribution in [1.29, 1.82) is 0 Å². The third kappa shape index (κ3) is 2.20. The lowest BCUT2D eigenvalue weighted by Gasteiger charge is -2.06. The van der Waals surface area contributed by atoms with E-state index in [4.69, 9.17) is 23.2 Å². The third-order valence-corrected chi connectivity index (χ3v) is 3.14. The molecule has 84 valence electrons. The van der Waals surface area contributed by atoms with E-state index < -0.39 is 0 Å². The smallest absolute Gasteiger partial charge is 0.160 e. The third-order valence-electron chi connectivity index (χ3n) is 2.16. The highest BCUT2D eigenvalue weighted by atomic mass is 127. The zero-order valence-corrected chi connectivity index (χ0v) is 11.6. The Kier molecular flexibility index (Phi) is 3.73. The van der Waals surface area contributed by atoms with Crippen molar-refractivity contribution in [3.05, 3.63) is 33.9 Å². The number of benzene rings is 1. The van der Waals surface area contributed by atoms with Crippen LogP contribution in [0.2, 0.25) is 10.0 Å². The van der Waals surface area contributed by atoms with E-state index in [0.29, 0.717) is 22.5 Å². The van der Waals surface area contributed by atoms with Gasteiger partial charge in [0.05, 0.1) is 15.7 Å². The number of nitrogens with zero attached hydrogens (tertiary/aromatic N) is 1. The van der Waals surface area contributed by atoms with Crippen LogP contribution in [0.5, 0.6) is 5.75 Å². The average molecular weight is 369 g/mol. The topological polar surface area (TPSA) is 45.1 Å². The number of hydrogen-bond acceptors (Lipinski definition) is 3. The van der Waals surface area contributed by atoms with E-state index in [1.54, 1.807) is 0 Å². The van der Waals surface area contributed by atoms with Crippen LogP contribution in [-0.4, -0.2) is 10.1 Å². The van der Waals surface area contributed by atoms with Gasteiger partial charge in [0.2, 0.25) is 0 Å². The molecule has 0 unspecified atom stereocenters. The molecule has 0 fully saturated rings.